The molecule has 0 radical (unpaired) electrons. The minimum Gasteiger partial charge on any atom is -0.346 e. The van der Waals surface area contributed by atoms with Crippen LogP contribution in [0.2, 0.25) is 0 Å². The summed E-state index contributed by atoms with van der Waals surface area (Å²) in [5.41, 5.74) is 7.26. The average Bonchev–Trinajstić information content (AvgIpc) is 2.52. The molecule has 5 nitrogen and oxygen atoms in total. The molecule has 2 rings (SSSR count). The zero-order valence-electron chi connectivity index (χ0n) is 7.14. The Hall–Kier alpha value is -1.91. The van der Waals surface area contributed by atoms with Crippen LogP contribution in [0.15, 0.2) is 28.8 Å². The average molecular weight is 177 g/mol. The molecule has 0 saturated carbocycles. The van der Waals surface area contributed by atoms with Crippen LogP contribution in [0.1, 0.15) is 5.56 Å². The molecule has 1 aromatic heterocycles. The highest BCUT2D eigenvalue weighted by atomic mass is 16.5. The van der Waals surface area contributed by atoms with Crippen LogP contribution in [0, 0.1) is 6.92 Å². The quantitative estimate of drug-likeness (QED) is 0.633. The lowest BCUT2D eigenvalue weighted by atomic mass is 10.2. The van der Waals surface area contributed by atoms with Gasteiger partial charge in [-0.3, -0.25) is 4.52 Å². The summed E-state index contributed by atoms with van der Waals surface area (Å²) in [6.45, 7) is 1.99. The summed E-state index contributed by atoms with van der Waals surface area (Å²) in [6, 6.07) is 7.79. The zero-order valence-corrected chi connectivity index (χ0v) is 7.14. The van der Waals surface area contributed by atoms with Crippen LogP contribution in [-0.2, 0) is 0 Å². The van der Waals surface area contributed by atoms with Crippen molar-refractivity contribution in [2.75, 3.05) is 5.73 Å². The second-order valence-corrected chi connectivity index (χ2v) is 2.74. The maximum atomic E-state index is 5.29. The Kier molecular flexibility index (Phi) is 1.70. The molecule has 0 aliphatic rings. The van der Waals surface area contributed by atoms with Gasteiger partial charge in [0.05, 0.1) is 5.10 Å². The van der Waals surface area contributed by atoms with Crippen LogP contribution in [0.4, 0.5) is 6.01 Å². The van der Waals surface area contributed by atoms with Crippen molar-refractivity contribution in [3.05, 3.63) is 29.8 Å². The Balaban J connectivity index is 2.46. The van der Waals surface area contributed by atoms with Crippen molar-refractivity contribution in [1.29, 1.82) is 0 Å². The molecule has 1 heterocycles. The molecule has 2 aromatic rings. The number of rotatable bonds is 1. The van der Waals surface area contributed by atoms with Gasteiger partial charge in [-0.05, 0) is 12.5 Å². The molecule has 1 aromatic carbocycles. The lowest BCUT2D eigenvalue weighted by Crippen LogP contribution is -2.35. The van der Waals surface area contributed by atoms with E-state index >= 15 is 0 Å². The predicted octanol–water partition coefficient (Wildman–Crippen LogP) is 0.237. The van der Waals surface area contributed by atoms with E-state index in [2.05, 4.69) is 14.9 Å². The van der Waals surface area contributed by atoms with Crippen molar-refractivity contribution in [3.63, 3.8) is 0 Å². The molecule has 0 saturated heterocycles. The van der Waals surface area contributed by atoms with Crippen LogP contribution in [-0.4, -0.2) is 10.4 Å². The van der Waals surface area contributed by atoms with Crippen molar-refractivity contribution in [2.45, 2.75) is 6.92 Å². The van der Waals surface area contributed by atoms with Gasteiger partial charge >= 0.3 is 6.01 Å². The molecule has 0 fully saturated rings. The number of anilines is 1. The highest BCUT2D eigenvalue weighted by molar-refractivity contribution is 5.26. The maximum absolute atomic E-state index is 5.29. The van der Waals surface area contributed by atoms with Crippen molar-refractivity contribution in [3.8, 4) is 5.69 Å². The summed E-state index contributed by atoms with van der Waals surface area (Å²) in [6.07, 6.45) is 0. The molecule has 0 aliphatic carbocycles. The Morgan fingerprint density at radius 1 is 1.46 bits per heavy atom. The lowest BCUT2D eigenvalue weighted by molar-refractivity contribution is -0.724. The van der Waals surface area contributed by atoms with E-state index < -0.39 is 0 Å². The topological polar surface area (TPSA) is 68.8 Å². The standard InChI is InChI=1S/C8H9N4O/c1-6-3-2-4-7(5-6)12-10-8(9)13-11-12/h2-5H,1H3,(H2,9,10,11)/q+1. The third-order valence-corrected chi connectivity index (χ3v) is 1.64. The fourth-order valence-corrected chi connectivity index (χ4v) is 1.07. The van der Waals surface area contributed by atoms with E-state index in [1.807, 2.05) is 31.2 Å². The molecule has 0 amide bonds. The minimum atomic E-state index is 0.0570. The number of nitrogen functional groups attached to an aromatic ring is 1. The lowest BCUT2D eigenvalue weighted by Gasteiger charge is -1.87. The molecule has 0 atom stereocenters. The van der Waals surface area contributed by atoms with Crippen LogP contribution in [0.5, 0.6) is 0 Å². The molecule has 0 spiro atoms. The third-order valence-electron chi connectivity index (χ3n) is 1.64. The molecule has 0 bridgehead atoms. The molecule has 66 valence electrons. The van der Waals surface area contributed by atoms with Gasteiger partial charge in [0, 0.05) is 12.1 Å². The van der Waals surface area contributed by atoms with Crippen LogP contribution in [0.25, 0.3) is 5.69 Å². The highest BCUT2D eigenvalue weighted by Crippen LogP contribution is 2.02. The number of hydrogen-bond acceptors (Lipinski definition) is 4. The Bertz CT molecular complexity index is 424. The molecule has 0 unspecified atom stereocenters. The number of benzene rings is 1. The fraction of sp³-hybridized carbons (Fsp3) is 0.125. The normalized spacial score (nSPS) is 10.2. The first-order chi connectivity index (χ1) is 6.25. The number of hydrogen-bond donors (Lipinski definition) is 1. The summed E-state index contributed by atoms with van der Waals surface area (Å²) in [5.74, 6) is 0. The summed E-state index contributed by atoms with van der Waals surface area (Å²) in [7, 11) is 0. The van der Waals surface area contributed by atoms with Gasteiger partial charge in [0.25, 0.3) is 5.69 Å². The van der Waals surface area contributed by atoms with Crippen molar-refractivity contribution < 1.29 is 9.32 Å². The summed E-state index contributed by atoms with van der Waals surface area (Å²) >= 11 is 0. The zero-order chi connectivity index (χ0) is 9.26. The van der Waals surface area contributed by atoms with Gasteiger partial charge in [-0.25, -0.2) is 0 Å². The first-order valence-electron chi connectivity index (χ1n) is 3.84. The smallest absolute Gasteiger partial charge is 0.346 e. The molecular weight excluding hydrogens is 168 g/mol. The van der Waals surface area contributed by atoms with Gasteiger partial charge in [-0.1, -0.05) is 12.1 Å². The minimum absolute atomic E-state index is 0.0570. The predicted molar refractivity (Wildman–Crippen MR) is 45.0 cm³/mol. The molecule has 5 heteroatoms. The van der Waals surface area contributed by atoms with Crippen molar-refractivity contribution in [2.24, 2.45) is 0 Å². The number of nitrogens with zero attached hydrogens (tertiary/aromatic N) is 3. The monoisotopic (exact) mass is 177 g/mol. The van der Waals surface area contributed by atoms with Crippen molar-refractivity contribution >= 4 is 6.01 Å². The van der Waals surface area contributed by atoms with Crippen LogP contribution < -0.4 is 10.5 Å². The Morgan fingerprint density at radius 3 is 2.92 bits per heavy atom. The second kappa shape index (κ2) is 2.85. The van der Waals surface area contributed by atoms with Gasteiger partial charge in [0.1, 0.15) is 4.80 Å². The number of aromatic nitrogens is 3. The molecule has 2 N–H and O–H groups in total. The largest absolute Gasteiger partial charge is 0.387 e. The SMILES string of the molecule is Cc1cccc(-[n+]2noc(N)n2)c1. The van der Waals surface area contributed by atoms with Gasteiger partial charge in [0.2, 0.25) is 5.27 Å². The van der Waals surface area contributed by atoms with E-state index in [1.54, 1.807) is 0 Å². The third kappa shape index (κ3) is 1.48. The van der Waals surface area contributed by atoms with E-state index in [-0.39, 0.29) is 6.01 Å². The number of nitrogens with two attached hydrogens (primary N) is 1. The highest BCUT2D eigenvalue weighted by Gasteiger charge is 2.14. The van der Waals surface area contributed by atoms with E-state index in [1.165, 1.54) is 4.80 Å². The van der Waals surface area contributed by atoms with Gasteiger partial charge in [-0.15, -0.1) is 0 Å². The van der Waals surface area contributed by atoms with Crippen molar-refractivity contribution in [1.82, 2.24) is 10.4 Å². The summed E-state index contributed by atoms with van der Waals surface area (Å²) in [5, 5.41) is 7.47. The number of aryl methyl sites for hydroxylation is 1. The second-order valence-electron chi connectivity index (χ2n) is 2.74. The van der Waals surface area contributed by atoms with Gasteiger partial charge in [0.15, 0.2) is 0 Å². The van der Waals surface area contributed by atoms with E-state index in [0.717, 1.165) is 11.3 Å². The Morgan fingerprint density at radius 2 is 2.31 bits per heavy atom. The first kappa shape index (κ1) is 7.72. The fourth-order valence-electron chi connectivity index (χ4n) is 1.07. The first-order valence-corrected chi connectivity index (χ1v) is 3.84. The van der Waals surface area contributed by atoms with Gasteiger partial charge < -0.3 is 5.73 Å². The summed E-state index contributed by atoms with van der Waals surface area (Å²) < 4.78 is 4.64. The maximum Gasteiger partial charge on any atom is 0.387 e. The Labute approximate surface area is 74.7 Å². The molecule has 0 aliphatic heterocycles. The van der Waals surface area contributed by atoms with E-state index in [9.17, 15) is 0 Å². The van der Waals surface area contributed by atoms with E-state index in [4.69, 9.17) is 5.73 Å². The molecule has 13 heavy (non-hydrogen) atoms. The van der Waals surface area contributed by atoms with Crippen LogP contribution >= 0.6 is 0 Å². The van der Waals surface area contributed by atoms with E-state index in [0.29, 0.717) is 0 Å². The summed E-state index contributed by atoms with van der Waals surface area (Å²) in [4.78, 5) is 1.35. The van der Waals surface area contributed by atoms with Gasteiger partial charge in [-0.2, -0.15) is 0 Å². The molecular formula is C8H9N4O+. The van der Waals surface area contributed by atoms with Crippen LogP contribution in [0.3, 0.4) is 0 Å².